The second-order valence-electron chi connectivity index (χ2n) is 6.20. The van der Waals surface area contributed by atoms with Gasteiger partial charge in [0.1, 0.15) is 0 Å². The second-order valence-corrected chi connectivity index (χ2v) is 8.22. The number of para-hydroxylation sites is 1. The highest BCUT2D eigenvalue weighted by Crippen LogP contribution is 2.19. The van der Waals surface area contributed by atoms with Gasteiger partial charge in [-0.05, 0) is 36.4 Å². The van der Waals surface area contributed by atoms with Crippen LogP contribution in [0.5, 0.6) is 0 Å². The molecule has 2 aromatic carbocycles. The average molecular weight is 388 g/mol. The van der Waals surface area contributed by atoms with Crippen molar-refractivity contribution in [3.63, 3.8) is 0 Å². The summed E-state index contributed by atoms with van der Waals surface area (Å²) in [7, 11) is -3.33. The summed E-state index contributed by atoms with van der Waals surface area (Å²) < 4.78 is 28.3. The Labute approximate surface area is 157 Å². The van der Waals surface area contributed by atoms with Crippen molar-refractivity contribution in [2.45, 2.75) is 4.90 Å². The Bertz CT molecular complexity index is 948. The molecule has 1 N–H and O–H groups in total. The van der Waals surface area contributed by atoms with Gasteiger partial charge in [-0.25, -0.2) is 8.42 Å². The van der Waals surface area contributed by atoms with Crippen LogP contribution in [-0.4, -0.2) is 57.7 Å². The molecule has 1 fully saturated rings. The number of sulfone groups is 1. The molecule has 0 bridgehead atoms. The van der Waals surface area contributed by atoms with Crippen molar-refractivity contribution < 1.29 is 22.7 Å². The van der Waals surface area contributed by atoms with E-state index in [1.165, 1.54) is 24.3 Å². The van der Waals surface area contributed by atoms with E-state index in [0.29, 0.717) is 43.1 Å². The summed E-state index contributed by atoms with van der Waals surface area (Å²) in [5.41, 5.74) is 1.11. The van der Waals surface area contributed by atoms with Crippen LogP contribution in [0.15, 0.2) is 53.4 Å². The van der Waals surface area contributed by atoms with Crippen molar-refractivity contribution in [3.05, 3.63) is 59.7 Å². The van der Waals surface area contributed by atoms with E-state index < -0.39 is 15.7 Å². The van der Waals surface area contributed by atoms with Gasteiger partial charge in [0.2, 0.25) is 0 Å². The SMILES string of the molecule is CS(=O)(=O)c1ccc(C(=O)Nc2ccccc2C(=O)N2CCOCC2)cc1. The summed E-state index contributed by atoms with van der Waals surface area (Å²) in [6.45, 7) is 2.00. The highest BCUT2D eigenvalue weighted by molar-refractivity contribution is 7.90. The molecule has 0 saturated carbocycles. The number of nitrogens with one attached hydrogen (secondary N) is 1. The van der Waals surface area contributed by atoms with E-state index in [-0.39, 0.29) is 10.8 Å². The Morgan fingerprint density at radius 1 is 1.00 bits per heavy atom. The average Bonchev–Trinajstić information content (AvgIpc) is 2.68. The second kappa shape index (κ2) is 7.89. The van der Waals surface area contributed by atoms with Gasteiger partial charge in [-0.15, -0.1) is 0 Å². The molecule has 0 aliphatic carbocycles. The zero-order valence-electron chi connectivity index (χ0n) is 14.8. The third-order valence-electron chi connectivity index (χ3n) is 4.25. The molecule has 0 atom stereocenters. The van der Waals surface area contributed by atoms with Gasteiger partial charge in [-0.3, -0.25) is 9.59 Å². The van der Waals surface area contributed by atoms with Crippen LogP contribution < -0.4 is 5.32 Å². The lowest BCUT2D eigenvalue weighted by Gasteiger charge is -2.27. The van der Waals surface area contributed by atoms with Crippen LogP contribution >= 0.6 is 0 Å². The molecule has 2 aromatic rings. The largest absolute Gasteiger partial charge is 0.378 e. The van der Waals surface area contributed by atoms with Gasteiger partial charge in [-0.2, -0.15) is 0 Å². The van der Waals surface area contributed by atoms with Gasteiger partial charge in [0.25, 0.3) is 11.8 Å². The summed E-state index contributed by atoms with van der Waals surface area (Å²) >= 11 is 0. The molecule has 3 rings (SSSR count). The lowest BCUT2D eigenvalue weighted by Crippen LogP contribution is -2.41. The molecule has 0 spiro atoms. The normalized spacial score (nSPS) is 14.6. The minimum atomic E-state index is -3.33. The first-order chi connectivity index (χ1) is 12.9. The highest BCUT2D eigenvalue weighted by Gasteiger charge is 2.21. The molecule has 1 aliphatic rings. The molecular formula is C19H20N2O5S. The van der Waals surface area contributed by atoms with Gasteiger partial charge in [-0.1, -0.05) is 12.1 Å². The van der Waals surface area contributed by atoms with Gasteiger partial charge >= 0.3 is 0 Å². The smallest absolute Gasteiger partial charge is 0.256 e. The fraction of sp³-hybridized carbons (Fsp3) is 0.263. The maximum atomic E-state index is 12.7. The number of carbonyl (C=O) groups excluding carboxylic acids is 2. The topological polar surface area (TPSA) is 92.8 Å². The number of rotatable bonds is 4. The van der Waals surface area contributed by atoms with E-state index in [2.05, 4.69) is 5.32 Å². The van der Waals surface area contributed by atoms with Crippen LogP contribution in [0.2, 0.25) is 0 Å². The number of ether oxygens (including phenoxy) is 1. The van der Waals surface area contributed by atoms with Gasteiger partial charge in [0, 0.05) is 24.9 Å². The van der Waals surface area contributed by atoms with Crippen molar-refractivity contribution in [2.75, 3.05) is 37.9 Å². The quantitative estimate of drug-likeness (QED) is 0.862. The molecule has 8 heteroatoms. The number of carbonyl (C=O) groups is 2. The summed E-state index contributed by atoms with van der Waals surface area (Å²) in [5, 5.41) is 2.74. The van der Waals surface area contributed by atoms with E-state index in [9.17, 15) is 18.0 Å². The summed E-state index contributed by atoms with van der Waals surface area (Å²) in [6.07, 6.45) is 1.11. The van der Waals surface area contributed by atoms with E-state index in [1.54, 1.807) is 29.2 Å². The summed E-state index contributed by atoms with van der Waals surface area (Å²) in [6, 6.07) is 12.5. The predicted octanol–water partition coefficient (Wildman–Crippen LogP) is 1.81. The fourth-order valence-corrected chi connectivity index (χ4v) is 3.39. The number of hydrogen-bond acceptors (Lipinski definition) is 5. The number of nitrogens with zero attached hydrogens (tertiary/aromatic N) is 1. The van der Waals surface area contributed by atoms with Crippen LogP contribution in [0.3, 0.4) is 0 Å². The zero-order valence-corrected chi connectivity index (χ0v) is 15.7. The molecular weight excluding hydrogens is 368 g/mol. The van der Waals surface area contributed by atoms with E-state index in [1.807, 2.05) is 0 Å². The molecule has 0 radical (unpaired) electrons. The van der Waals surface area contributed by atoms with Crippen LogP contribution in [0.1, 0.15) is 20.7 Å². The minimum absolute atomic E-state index is 0.141. The van der Waals surface area contributed by atoms with Crippen molar-refractivity contribution in [1.29, 1.82) is 0 Å². The van der Waals surface area contributed by atoms with Crippen molar-refractivity contribution >= 4 is 27.3 Å². The molecule has 142 valence electrons. The van der Waals surface area contributed by atoms with Crippen LogP contribution in [0.4, 0.5) is 5.69 Å². The predicted molar refractivity (Wildman–Crippen MR) is 101 cm³/mol. The third-order valence-corrected chi connectivity index (χ3v) is 5.38. The Balaban J connectivity index is 1.79. The van der Waals surface area contributed by atoms with Crippen LogP contribution in [-0.2, 0) is 14.6 Å². The first kappa shape index (κ1) is 19.1. The molecule has 1 aliphatic heterocycles. The van der Waals surface area contributed by atoms with Gasteiger partial charge in [0.05, 0.1) is 29.4 Å². The highest BCUT2D eigenvalue weighted by atomic mass is 32.2. The number of anilines is 1. The summed E-state index contributed by atoms with van der Waals surface area (Å²) in [4.78, 5) is 27.1. The molecule has 1 saturated heterocycles. The maximum Gasteiger partial charge on any atom is 0.256 e. The van der Waals surface area contributed by atoms with Crippen molar-refractivity contribution in [1.82, 2.24) is 4.90 Å². The van der Waals surface area contributed by atoms with Gasteiger partial charge in [0.15, 0.2) is 9.84 Å². The Morgan fingerprint density at radius 2 is 1.63 bits per heavy atom. The monoisotopic (exact) mass is 388 g/mol. The van der Waals surface area contributed by atoms with Crippen LogP contribution in [0, 0.1) is 0 Å². The number of amides is 2. The lowest BCUT2D eigenvalue weighted by molar-refractivity contribution is 0.0303. The standard InChI is InChI=1S/C19H20N2O5S/c1-27(24,25)15-8-6-14(7-9-15)18(22)20-17-5-3-2-4-16(17)19(23)21-10-12-26-13-11-21/h2-9H,10-13H2,1H3,(H,20,22). The van der Waals surface area contributed by atoms with E-state index in [0.717, 1.165) is 6.26 Å². The molecule has 1 heterocycles. The maximum absolute atomic E-state index is 12.7. The molecule has 27 heavy (non-hydrogen) atoms. The molecule has 7 nitrogen and oxygen atoms in total. The first-order valence-electron chi connectivity index (χ1n) is 8.44. The Morgan fingerprint density at radius 3 is 2.26 bits per heavy atom. The number of morpholine rings is 1. The zero-order chi connectivity index (χ0) is 19.4. The lowest BCUT2D eigenvalue weighted by atomic mass is 10.1. The van der Waals surface area contributed by atoms with Crippen molar-refractivity contribution in [2.24, 2.45) is 0 Å². The minimum Gasteiger partial charge on any atom is -0.378 e. The van der Waals surface area contributed by atoms with Crippen LogP contribution in [0.25, 0.3) is 0 Å². The Hall–Kier alpha value is -2.71. The molecule has 0 unspecified atom stereocenters. The molecule has 2 amide bonds. The number of hydrogen-bond donors (Lipinski definition) is 1. The number of benzene rings is 2. The Kier molecular flexibility index (Phi) is 5.57. The van der Waals surface area contributed by atoms with E-state index >= 15 is 0 Å². The van der Waals surface area contributed by atoms with E-state index in [4.69, 9.17) is 4.74 Å². The first-order valence-corrected chi connectivity index (χ1v) is 10.3. The third kappa shape index (κ3) is 4.53. The van der Waals surface area contributed by atoms with Crippen molar-refractivity contribution in [3.8, 4) is 0 Å². The molecule has 0 aromatic heterocycles. The van der Waals surface area contributed by atoms with Gasteiger partial charge < -0.3 is 15.0 Å². The fourth-order valence-electron chi connectivity index (χ4n) is 2.76. The summed E-state index contributed by atoms with van der Waals surface area (Å²) in [5.74, 6) is -0.584.